The second kappa shape index (κ2) is 8.12. The molecule has 1 amide bonds. The maximum absolute atomic E-state index is 12.2. The van der Waals surface area contributed by atoms with Crippen LogP contribution in [-0.2, 0) is 4.79 Å². The number of allylic oxidation sites excluding steroid dienone is 2. The highest BCUT2D eigenvalue weighted by Crippen LogP contribution is 2.30. The molecule has 28 heavy (non-hydrogen) atoms. The summed E-state index contributed by atoms with van der Waals surface area (Å²) in [5, 5.41) is 11.7. The molecule has 1 fully saturated rings. The van der Waals surface area contributed by atoms with Gasteiger partial charge in [-0.2, -0.15) is 5.11 Å². The summed E-state index contributed by atoms with van der Waals surface area (Å²) >= 11 is 0. The summed E-state index contributed by atoms with van der Waals surface area (Å²) in [4.78, 5) is 19.9. The Balaban J connectivity index is 1.77. The summed E-state index contributed by atoms with van der Waals surface area (Å²) in [5.41, 5.74) is 8.00. The largest absolute Gasteiger partial charge is 0.392 e. The van der Waals surface area contributed by atoms with E-state index in [1.54, 1.807) is 6.08 Å². The van der Waals surface area contributed by atoms with Crippen LogP contribution in [0.4, 0.5) is 0 Å². The molecule has 4 unspecified atom stereocenters. The first-order valence-corrected chi connectivity index (χ1v) is 9.58. The minimum absolute atomic E-state index is 0.0572. The van der Waals surface area contributed by atoms with E-state index in [0.717, 1.165) is 37.3 Å². The maximum Gasteiger partial charge on any atom is 0.392 e. The van der Waals surface area contributed by atoms with Crippen molar-refractivity contribution in [2.45, 2.75) is 25.9 Å². The number of likely N-dealkylation sites (tertiary alicyclic amines) is 1. The fourth-order valence-electron chi connectivity index (χ4n) is 3.97. The smallest absolute Gasteiger partial charge is 0.298 e. The van der Waals surface area contributed by atoms with Crippen LogP contribution in [0, 0.1) is 11.8 Å². The Morgan fingerprint density at radius 1 is 1.36 bits per heavy atom. The summed E-state index contributed by atoms with van der Waals surface area (Å²) in [6.45, 7) is 10.9. The Morgan fingerprint density at radius 3 is 2.82 bits per heavy atom. The number of hydrogen-bond donors (Lipinski definition) is 3. The van der Waals surface area contributed by atoms with Gasteiger partial charge in [-0.25, -0.2) is 10.1 Å². The molecule has 3 aliphatic rings. The first-order valence-electron chi connectivity index (χ1n) is 9.58. The molecule has 0 radical (unpaired) electrons. The number of guanidine groups is 1. The molecule has 0 aromatic rings. The lowest BCUT2D eigenvalue weighted by Gasteiger charge is -2.37. The van der Waals surface area contributed by atoms with Crippen LogP contribution in [0.15, 0.2) is 64.1 Å². The van der Waals surface area contributed by atoms with Crippen LogP contribution in [0.2, 0.25) is 0 Å². The minimum Gasteiger partial charge on any atom is -0.298 e. The molecule has 0 bridgehead atoms. The topological polar surface area (TPSA) is 106 Å². The van der Waals surface area contributed by atoms with Crippen LogP contribution < -0.4 is 16.0 Å². The standard InChI is InChI=1S/C20H28N7O/c1-5-14(6-2)22-20-23-18(21)17-15(25-26-19(17)24-20)11-13-9-8-10-27(4,12-13)16(28)7-3/h5-7,11,13,17-18H,1,3,8-10,12,21H2,2,4H3,(H,22,23)/q+1/p+1/b14-6+,15-11?. The monoisotopic (exact) mass is 383 g/mol. The second-order valence-electron chi connectivity index (χ2n) is 7.58. The summed E-state index contributed by atoms with van der Waals surface area (Å²) in [5.74, 6) is 1.23. The fraction of sp³-hybridized carbons (Fsp3) is 0.450. The van der Waals surface area contributed by atoms with E-state index >= 15 is 0 Å². The zero-order chi connectivity index (χ0) is 20.3. The molecule has 1 saturated heterocycles. The van der Waals surface area contributed by atoms with Crippen LogP contribution in [0.25, 0.3) is 0 Å². The molecule has 8 nitrogen and oxygen atoms in total. The Kier molecular flexibility index (Phi) is 5.81. The summed E-state index contributed by atoms with van der Waals surface area (Å²) in [6.07, 6.45) is 8.74. The van der Waals surface area contributed by atoms with Gasteiger partial charge in [0.1, 0.15) is 12.1 Å². The van der Waals surface area contributed by atoms with Gasteiger partial charge in [-0.05, 0) is 31.9 Å². The average Bonchev–Trinajstić information content (AvgIpc) is 3.08. The van der Waals surface area contributed by atoms with Gasteiger partial charge in [0.05, 0.1) is 31.5 Å². The lowest BCUT2D eigenvalue weighted by atomic mass is 9.91. The first-order chi connectivity index (χ1) is 13.4. The van der Waals surface area contributed by atoms with Gasteiger partial charge < -0.3 is 0 Å². The van der Waals surface area contributed by atoms with Gasteiger partial charge in [-0.15, -0.1) is 5.11 Å². The van der Waals surface area contributed by atoms with Gasteiger partial charge >= 0.3 is 11.9 Å². The number of likely N-dealkylation sites (N-methyl/N-ethyl adjacent to an activating group) is 1. The van der Waals surface area contributed by atoms with Crippen LogP contribution in [0.3, 0.4) is 0 Å². The molecular formula is C20H29N7O+2. The molecule has 4 N–H and O–H groups in total. The van der Waals surface area contributed by atoms with Gasteiger partial charge in [0.15, 0.2) is 0 Å². The zero-order valence-electron chi connectivity index (χ0n) is 16.6. The fourth-order valence-corrected chi connectivity index (χ4v) is 3.97. The molecule has 3 rings (SSSR count). The number of nitrogens with zero attached hydrogens (tertiary/aromatic N) is 4. The van der Waals surface area contributed by atoms with E-state index in [1.807, 2.05) is 20.0 Å². The highest BCUT2D eigenvalue weighted by Gasteiger charge is 2.42. The van der Waals surface area contributed by atoms with E-state index in [2.05, 4.69) is 44.8 Å². The molecule has 0 saturated carbocycles. The number of carbonyl (C=O) groups is 1. The number of azo groups is 1. The third-order valence-corrected chi connectivity index (χ3v) is 5.52. The Hall–Kier alpha value is -2.71. The van der Waals surface area contributed by atoms with E-state index < -0.39 is 6.17 Å². The molecule has 0 spiro atoms. The number of quaternary nitrogens is 1. The number of aliphatic imine (C=N–C) groups is 1. The van der Waals surface area contributed by atoms with Crippen molar-refractivity contribution in [1.82, 2.24) is 5.32 Å². The van der Waals surface area contributed by atoms with Crippen molar-refractivity contribution in [3.8, 4) is 0 Å². The average molecular weight is 384 g/mol. The van der Waals surface area contributed by atoms with Crippen molar-refractivity contribution >= 4 is 17.7 Å². The molecular weight excluding hydrogens is 354 g/mol. The normalized spacial score (nSPS) is 33.8. The Morgan fingerprint density at radius 2 is 2.14 bits per heavy atom. The summed E-state index contributed by atoms with van der Waals surface area (Å²) in [6, 6.07) is 0. The second-order valence-corrected chi connectivity index (χ2v) is 7.58. The van der Waals surface area contributed by atoms with Crippen molar-refractivity contribution in [1.29, 1.82) is 0 Å². The zero-order valence-corrected chi connectivity index (χ0v) is 16.6. The summed E-state index contributed by atoms with van der Waals surface area (Å²) in [7, 11) is 1.97. The first kappa shape index (κ1) is 20.0. The van der Waals surface area contributed by atoms with Gasteiger partial charge in [-0.3, -0.25) is 15.2 Å². The Labute approximate surface area is 165 Å². The quantitative estimate of drug-likeness (QED) is 0.370. The number of hydrogen-bond acceptors (Lipinski definition) is 6. The maximum atomic E-state index is 12.2. The van der Waals surface area contributed by atoms with Gasteiger partial charge in [0, 0.05) is 12.0 Å². The minimum atomic E-state index is -0.390. The number of nitrogens with two attached hydrogens (primary N) is 1. The van der Waals surface area contributed by atoms with Gasteiger partial charge in [0.25, 0.3) is 0 Å². The number of carbonyl (C=O) groups excluding carboxylic acids is 1. The molecule has 0 aliphatic carbocycles. The lowest BCUT2D eigenvalue weighted by molar-refractivity contribution is -0.840. The van der Waals surface area contributed by atoms with Gasteiger partial charge in [0.2, 0.25) is 5.84 Å². The molecule has 0 aromatic heterocycles. The van der Waals surface area contributed by atoms with Crippen molar-refractivity contribution in [2.75, 3.05) is 20.1 Å². The Bertz CT molecular complexity index is 835. The van der Waals surface area contributed by atoms with Crippen molar-refractivity contribution < 1.29 is 14.3 Å². The van der Waals surface area contributed by atoms with Crippen molar-refractivity contribution in [3.63, 3.8) is 0 Å². The molecule has 4 atom stereocenters. The predicted molar refractivity (Wildman–Crippen MR) is 109 cm³/mol. The lowest BCUT2D eigenvalue weighted by Crippen LogP contribution is -2.88. The molecule has 3 aliphatic heterocycles. The van der Waals surface area contributed by atoms with Crippen LogP contribution in [0.5, 0.6) is 0 Å². The van der Waals surface area contributed by atoms with E-state index in [1.165, 1.54) is 6.08 Å². The molecule has 8 heteroatoms. The highest BCUT2D eigenvalue weighted by molar-refractivity contribution is 5.99. The van der Waals surface area contributed by atoms with E-state index in [4.69, 9.17) is 5.73 Å². The van der Waals surface area contributed by atoms with E-state index in [-0.39, 0.29) is 17.7 Å². The van der Waals surface area contributed by atoms with Crippen molar-refractivity contribution in [2.24, 2.45) is 32.8 Å². The SMILES string of the molecule is C=CC(=O)[N+]1(C)CCCC(C=C2N=NC3=NC(N/C(C=C)=C/C)=[NH+]C(N)C23)C1. The predicted octanol–water partition coefficient (Wildman–Crippen LogP) is 0.334. The third kappa shape index (κ3) is 3.93. The molecule has 0 aromatic carbocycles. The van der Waals surface area contributed by atoms with Crippen molar-refractivity contribution in [3.05, 3.63) is 48.9 Å². The van der Waals surface area contributed by atoms with Crippen LogP contribution in [0.1, 0.15) is 19.8 Å². The van der Waals surface area contributed by atoms with Crippen LogP contribution >= 0.6 is 0 Å². The number of rotatable bonds is 4. The number of amides is 1. The molecule has 148 valence electrons. The summed E-state index contributed by atoms with van der Waals surface area (Å²) < 4.78 is 0.376. The number of piperidine rings is 1. The van der Waals surface area contributed by atoms with E-state index in [0.29, 0.717) is 16.3 Å². The molecule has 3 heterocycles. The number of fused-ring (bicyclic) bond motifs is 1. The van der Waals surface area contributed by atoms with Gasteiger partial charge in [-0.1, -0.05) is 24.2 Å². The number of amidine groups is 1. The number of nitrogens with one attached hydrogen (secondary N) is 2. The van der Waals surface area contributed by atoms with Crippen LogP contribution in [-0.4, -0.2) is 48.5 Å². The highest BCUT2D eigenvalue weighted by atomic mass is 16.2. The van der Waals surface area contributed by atoms with E-state index in [9.17, 15) is 4.79 Å². The third-order valence-electron chi connectivity index (χ3n) is 5.52.